The van der Waals surface area contributed by atoms with E-state index in [-0.39, 0.29) is 11.9 Å². The zero-order chi connectivity index (χ0) is 11.4. The highest BCUT2D eigenvalue weighted by Gasteiger charge is 2.07. The minimum Gasteiger partial charge on any atom is -0.327 e. The van der Waals surface area contributed by atoms with Crippen LogP contribution in [0.5, 0.6) is 0 Å². The number of hydrogen-bond donors (Lipinski definition) is 2. The average molecular weight is 336 g/mol. The van der Waals surface area contributed by atoms with Gasteiger partial charge in [0.25, 0.3) is 0 Å². The van der Waals surface area contributed by atoms with Crippen molar-refractivity contribution in [3.8, 4) is 0 Å². The summed E-state index contributed by atoms with van der Waals surface area (Å²) in [6.07, 6.45) is 0.322. The first kappa shape index (κ1) is 12.7. The second kappa shape index (κ2) is 5.63. The molecule has 1 atom stereocenters. The van der Waals surface area contributed by atoms with Crippen LogP contribution in [-0.2, 0) is 4.79 Å². The SMILES string of the molecule is CC(N)CC(=O)Nc1ccc(Br)cc1Br. The summed E-state index contributed by atoms with van der Waals surface area (Å²) in [5.74, 6) is -0.0759. The monoisotopic (exact) mass is 334 g/mol. The predicted octanol–water partition coefficient (Wildman–Crippen LogP) is 2.89. The van der Waals surface area contributed by atoms with Gasteiger partial charge < -0.3 is 11.1 Å². The summed E-state index contributed by atoms with van der Waals surface area (Å²) in [4.78, 5) is 11.4. The average Bonchev–Trinajstić information content (AvgIpc) is 2.08. The maximum atomic E-state index is 11.4. The van der Waals surface area contributed by atoms with Gasteiger partial charge in [0.2, 0.25) is 5.91 Å². The number of benzene rings is 1. The fraction of sp³-hybridized carbons (Fsp3) is 0.300. The lowest BCUT2D eigenvalue weighted by Crippen LogP contribution is -2.24. The molecule has 1 aromatic carbocycles. The van der Waals surface area contributed by atoms with E-state index in [9.17, 15) is 4.79 Å². The molecule has 0 fully saturated rings. The zero-order valence-electron chi connectivity index (χ0n) is 8.26. The number of rotatable bonds is 3. The summed E-state index contributed by atoms with van der Waals surface area (Å²) < 4.78 is 1.80. The molecule has 0 saturated heterocycles. The van der Waals surface area contributed by atoms with Gasteiger partial charge in [-0.15, -0.1) is 0 Å². The predicted molar refractivity (Wildman–Crippen MR) is 68.7 cm³/mol. The molecular formula is C10H12Br2N2O. The van der Waals surface area contributed by atoms with E-state index < -0.39 is 0 Å². The normalized spacial score (nSPS) is 12.3. The molecule has 5 heteroatoms. The molecule has 82 valence electrons. The molecule has 1 rings (SSSR count). The zero-order valence-corrected chi connectivity index (χ0v) is 11.4. The molecule has 0 spiro atoms. The van der Waals surface area contributed by atoms with Gasteiger partial charge in [0.15, 0.2) is 0 Å². The Balaban J connectivity index is 2.68. The van der Waals surface area contributed by atoms with Crippen LogP contribution in [0.4, 0.5) is 5.69 Å². The van der Waals surface area contributed by atoms with Gasteiger partial charge in [0, 0.05) is 21.4 Å². The summed E-state index contributed by atoms with van der Waals surface area (Å²) in [5, 5.41) is 2.78. The minimum atomic E-state index is -0.126. The van der Waals surface area contributed by atoms with E-state index in [1.165, 1.54) is 0 Å². The molecule has 3 nitrogen and oxygen atoms in total. The molecule has 15 heavy (non-hydrogen) atoms. The van der Waals surface area contributed by atoms with Gasteiger partial charge in [-0.25, -0.2) is 0 Å². The molecule has 0 aromatic heterocycles. The lowest BCUT2D eigenvalue weighted by atomic mass is 10.2. The third-order valence-electron chi connectivity index (χ3n) is 1.71. The summed E-state index contributed by atoms with van der Waals surface area (Å²) in [6, 6.07) is 5.44. The molecule has 1 unspecified atom stereocenters. The maximum Gasteiger partial charge on any atom is 0.225 e. The van der Waals surface area contributed by atoms with Crippen LogP contribution in [0.25, 0.3) is 0 Å². The number of amides is 1. The Labute approximate surface area is 106 Å². The Morgan fingerprint density at radius 3 is 2.73 bits per heavy atom. The van der Waals surface area contributed by atoms with E-state index in [4.69, 9.17) is 5.73 Å². The number of halogens is 2. The molecule has 0 bridgehead atoms. The molecule has 0 aliphatic rings. The van der Waals surface area contributed by atoms with Crippen molar-refractivity contribution in [1.29, 1.82) is 0 Å². The van der Waals surface area contributed by atoms with Crippen LogP contribution in [0.2, 0.25) is 0 Å². The van der Waals surface area contributed by atoms with Crippen LogP contribution in [-0.4, -0.2) is 11.9 Å². The fourth-order valence-electron chi connectivity index (χ4n) is 1.08. The van der Waals surface area contributed by atoms with E-state index in [1.54, 1.807) is 6.92 Å². The molecular weight excluding hydrogens is 324 g/mol. The summed E-state index contributed by atoms with van der Waals surface area (Å²) in [6.45, 7) is 1.80. The first-order valence-corrected chi connectivity index (χ1v) is 6.08. The standard InChI is InChI=1S/C10H12Br2N2O/c1-6(13)4-10(15)14-9-3-2-7(11)5-8(9)12/h2-3,5-6H,4,13H2,1H3,(H,14,15). The molecule has 0 saturated carbocycles. The smallest absolute Gasteiger partial charge is 0.225 e. The topological polar surface area (TPSA) is 55.1 Å². The second-order valence-corrected chi connectivity index (χ2v) is 5.12. The van der Waals surface area contributed by atoms with Gasteiger partial charge in [-0.2, -0.15) is 0 Å². The van der Waals surface area contributed by atoms with Crippen molar-refractivity contribution in [2.45, 2.75) is 19.4 Å². The molecule has 0 aliphatic heterocycles. The largest absolute Gasteiger partial charge is 0.327 e. The van der Waals surface area contributed by atoms with Crippen molar-refractivity contribution < 1.29 is 4.79 Å². The lowest BCUT2D eigenvalue weighted by Gasteiger charge is -2.09. The highest BCUT2D eigenvalue weighted by Crippen LogP contribution is 2.26. The van der Waals surface area contributed by atoms with Crippen LogP contribution in [0.3, 0.4) is 0 Å². The Bertz CT molecular complexity index is 366. The highest BCUT2D eigenvalue weighted by molar-refractivity contribution is 9.11. The van der Waals surface area contributed by atoms with Crippen LogP contribution in [0.1, 0.15) is 13.3 Å². The van der Waals surface area contributed by atoms with Crippen molar-refractivity contribution in [2.24, 2.45) is 5.73 Å². The van der Waals surface area contributed by atoms with Crippen LogP contribution >= 0.6 is 31.9 Å². The van der Waals surface area contributed by atoms with E-state index in [0.717, 1.165) is 14.6 Å². The first-order valence-electron chi connectivity index (χ1n) is 4.49. The van der Waals surface area contributed by atoms with Crippen LogP contribution < -0.4 is 11.1 Å². The lowest BCUT2D eigenvalue weighted by molar-refractivity contribution is -0.116. The quantitative estimate of drug-likeness (QED) is 0.892. The number of nitrogens with one attached hydrogen (secondary N) is 1. The minimum absolute atomic E-state index is 0.0759. The van der Waals surface area contributed by atoms with E-state index in [0.29, 0.717) is 6.42 Å². The second-order valence-electron chi connectivity index (χ2n) is 3.35. The van der Waals surface area contributed by atoms with Gasteiger partial charge >= 0.3 is 0 Å². The van der Waals surface area contributed by atoms with Gasteiger partial charge in [-0.1, -0.05) is 15.9 Å². The Morgan fingerprint density at radius 1 is 1.53 bits per heavy atom. The van der Waals surface area contributed by atoms with Gasteiger partial charge in [0.1, 0.15) is 0 Å². The third kappa shape index (κ3) is 4.32. The van der Waals surface area contributed by atoms with Crippen molar-refractivity contribution in [2.75, 3.05) is 5.32 Å². The number of carbonyl (C=O) groups excluding carboxylic acids is 1. The van der Waals surface area contributed by atoms with E-state index in [2.05, 4.69) is 37.2 Å². The number of hydrogen-bond acceptors (Lipinski definition) is 2. The van der Waals surface area contributed by atoms with Crippen molar-refractivity contribution in [3.05, 3.63) is 27.1 Å². The van der Waals surface area contributed by atoms with Crippen molar-refractivity contribution in [3.63, 3.8) is 0 Å². The van der Waals surface area contributed by atoms with Crippen molar-refractivity contribution >= 4 is 43.5 Å². The molecule has 0 aliphatic carbocycles. The highest BCUT2D eigenvalue weighted by atomic mass is 79.9. The van der Waals surface area contributed by atoms with E-state index >= 15 is 0 Å². The molecule has 1 amide bonds. The fourth-order valence-corrected chi connectivity index (χ4v) is 2.23. The number of nitrogens with two attached hydrogens (primary N) is 1. The third-order valence-corrected chi connectivity index (χ3v) is 2.86. The molecule has 0 radical (unpaired) electrons. The van der Waals surface area contributed by atoms with Gasteiger partial charge in [-0.3, -0.25) is 4.79 Å². The molecule has 1 aromatic rings. The summed E-state index contributed by atoms with van der Waals surface area (Å²) in [7, 11) is 0. The van der Waals surface area contributed by atoms with Gasteiger partial charge in [-0.05, 0) is 41.1 Å². The maximum absolute atomic E-state index is 11.4. The Morgan fingerprint density at radius 2 is 2.20 bits per heavy atom. The van der Waals surface area contributed by atoms with Gasteiger partial charge in [0.05, 0.1) is 5.69 Å². The Hall–Kier alpha value is -0.390. The van der Waals surface area contributed by atoms with Crippen LogP contribution in [0, 0.1) is 0 Å². The number of carbonyl (C=O) groups is 1. The number of anilines is 1. The van der Waals surface area contributed by atoms with E-state index in [1.807, 2.05) is 18.2 Å². The summed E-state index contributed by atoms with van der Waals surface area (Å²) >= 11 is 6.71. The van der Waals surface area contributed by atoms with Crippen molar-refractivity contribution in [1.82, 2.24) is 0 Å². The Kier molecular flexibility index (Phi) is 4.76. The van der Waals surface area contributed by atoms with Crippen LogP contribution in [0.15, 0.2) is 27.1 Å². The molecule has 0 heterocycles. The molecule has 3 N–H and O–H groups in total. The first-order chi connectivity index (χ1) is 6.99. The summed E-state index contributed by atoms with van der Waals surface area (Å²) in [5.41, 5.74) is 6.28.